The molecule has 4 aromatic heterocycles. The molecule has 0 aliphatic heterocycles. The summed E-state index contributed by atoms with van der Waals surface area (Å²) in [6, 6.07) is 55.0. The van der Waals surface area contributed by atoms with Gasteiger partial charge in [-0.15, -0.1) is 0 Å². The van der Waals surface area contributed by atoms with Gasteiger partial charge in [0.15, 0.2) is 0 Å². The van der Waals surface area contributed by atoms with Crippen molar-refractivity contribution in [3.05, 3.63) is 196 Å². The molecule has 0 bridgehead atoms. The minimum absolute atomic E-state index is 0. The number of fused-ring (bicyclic) bond motifs is 10. The van der Waals surface area contributed by atoms with Crippen molar-refractivity contribution in [2.75, 3.05) is 0 Å². The van der Waals surface area contributed by atoms with E-state index in [0.717, 1.165) is 54.0 Å². The summed E-state index contributed by atoms with van der Waals surface area (Å²) in [6.07, 6.45) is 38.7. The van der Waals surface area contributed by atoms with Crippen LogP contribution in [0.4, 0.5) is 0 Å². The van der Waals surface area contributed by atoms with Crippen LogP contribution in [0.1, 0.15) is 159 Å². The maximum atomic E-state index is 3.23. The number of nitrogens with zero attached hydrogens (tertiary/aromatic N) is 4. The molecule has 5 aromatic carbocycles. The monoisotopic (exact) mass is 1260 g/mol. The van der Waals surface area contributed by atoms with Gasteiger partial charge in [0.05, 0.1) is 11.0 Å². The molecule has 6 saturated carbocycles. The van der Waals surface area contributed by atoms with E-state index in [1.54, 1.807) is 0 Å². The van der Waals surface area contributed by atoms with Gasteiger partial charge in [-0.25, -0.2) is 0 Å². The van der Waals surface area contributed by atoms with Crippen molar-refractivity contribution in [1.29, 1.82) is 0 Å². The van der Waals surface area contributed by atoms with E-state index in [-0.39, 0.29) is 33.4 Å². The second kappa shape index (κ2) is 28.7. The van der Waals surface area contributed by atoms with Gasteiger partial charge < -0.3 is 33.1 Å². The number of halogens is 2. The summed E-state index contributed by atoms with van der Waals surface area (Å²) in [4.78, 5) is 0. The molecule has 16 rings (SSSR count). The number of hydrogen-bond donors (Lipinski definition) is 0. The van der Waals surface area contributed by atoms with Crippen LogP contribution in [0.25, 0.3) is 55.4 Å². The Bertz CT molecular complexity index is 3100. The van der Waals surface area contributed by atoms with E-state index in [9.17, 15) is 0 Å². The van der Waals surface area contributed by atoms with E-state index in [1.807, 2.05) is 13.8 Å². The van der Waals surface area contributed by atoms with Gasteiger partial charge in [0, 0.05) is 87.6 Å². The van der Waals surface area contributed by atoms with E-state index in [2.05, 4.69) is 219 Å². The molecule has 7 aliphatic carbocycles. The fraction of sp³-hybridized carbons (Fsp3) is 0.417. The molecule has 6 atom stereocenters. The van der Waals surface area contributed by atoms with Gasteiger partial charge in [0.1, 0.15) is 0 Å². The summed E-state index contributed by atoms with van der Waals surface area (Å²) in [5, 5.41) is 5.51. The smallest absolute Gasteiger partial charge is 0.0493 e. The third-order valence-corrected chi connectivity index (χ3v) is 19.3. The molecule has 7 aliphatic rings. The summed E-state index contributed by atoms with van der Waals surface area (Å²) in [7, 11) is 0. The van der Waals surface area contributed by atoms with Crippen LogP contribution >= 0.6 is 24.4 Å². The molecular weight excluding hydrogens is 1170 g/mol. The molecule has 0 saturated heterocycles. The molecule has 0 radical (unpaired) electrons. The van der Waals surface area contributed by atoms with Gasteiger partial charge in [0.2, 0.25) is 0 Å². The quantitative estimate of drug-likeness (QED) is 0.157. The molecule has 79 heavy (non-hydrogen) atoms. The minimum atomic E-state index is -0.145. The number of benzene rings is 5. The third-order valence-electron chi connectivity index (χ3n) is 19.3. The van der Waals surface area contributed by atoms with Crippen LogP contribution in [-0.4, -0.2) is 18.3 Å². The average molecular weight is 1260 g/mol. The first-order valence-electron chi connectivity index (χ1n) is 30.1. The first kappa shape index (κ1) is 59.5. The molecule has 414 valence electrons. The molecule has 4 heterocycles. The van der Waals surface area contributed by atoms with E-state index >= 15 is 0 Å². The van der Waals surface area contributed by atoms with Crippen molar-refractivity contribution < 1.29 is 18.5 Å². The third kappa shape index (κ3) is 13.2. The maximum absolute atomic E-state index is 3.23. The Balaban J connectivity index is 0.000000126. The number of para-hydroxylation sites is 4. The van der Waals surface area contributed by atoms with E-state index in [1.165, 1.54) is 176 Å². The van der Waals surface area contributed by atoms with Crippen molar-refractivity contribution in [2.24, 2.45) is 35.5 Å². The first-order chi connectivity index (χ1) is 38.1. The fourth-order valence-electron chi connectivity index (χ4n) is 16.0. The Labute approximate surface area is 498 Å². The van der Waals surface area contributed by atoms with E-state index in [0.29, 0.717) is 6.04 Å². The Morgan fingerprint density at radius 2 is 0.684 bits per heavy atom. The number of rotatable bonds is 4. The van der Waals surface area contributed by atoms with Crippen LogP contribution in [0.15, 0.2) is 170 Å². The van der Waals surface area contributed by atoms with Gasteiger partial charge in [0.25, 0.3) is 0 Å². The van der Waals surface area contributed by atoms with Gasteiger partial charge in [-0.2, -0.15) is 0 Å². The molecule has 0 amide bonds. The summed E-state index contributed by atoms with van der Waals surface area (Å²) >= 11 is 6.32. The maximum Gasteiger partial charge on any atom is 0.0493 e. The Morgan fingerprint density at radius 3 is 1.05 bits per heavy atom. The van der Waals surface area contributed by atoms with Gasteiger partial charge in [-0.05, 0) is 140 Å². The van der Waals surface area contributed by atoms with Gasteiger partial charge in [-0.1, -0.05) is 188 Å². The van der Waals surface area contributed by atoms with Crippen LogP contribution in [-0.2, 0) is 25.0 Å². The summed E-state index contributed by atoms with van der Waals surface area (Å²) in [6.45, 7) is 4.00. The SMILES string of the molecule is C1=C(n2c3ccccc3c3ccccc32)Cc2ccccc21.CC.[Br][Zr+2][Br].[CH3-].[CH3-].c1ccc2c(c1)c1ccccc1n2C1CC2CCCCC2C1.c1ccn(C2CC3CCCCC3C2)c1.c1ccn(C2CC3CCCCC3C2)c1. The standard InChI is InChI=1S/C21H23N.C21H15N.2C13H19N.C2H6.2CH3.2BrH.Zr/c2*1-2-8-16-14-17(13-15(16)7-1)22-20-11-5-3-9-18(20)19-10-4-6-12-21(19)22;2*1-2-6-12-10-13(9-11(12)5-1)14-7-3-4-8-14;1-2;;;;;/h3-6,9-12,15-17H,1-2,7-8,13-14H2;1-13H,14H2;2*3-4,7-8,11-13H,1-2,5-6,9-10H2;1-2H3;2*1H3;2*1H;/q;;;;;2*-1;;;+4/p-2. The summed E-state index contributed by atoms with van der Waals surface area (Å²) in [5.41, 5.74) is 9.59. The topological polar surface area (TPSA) is 19.7 Å². The number of aromatic nitrogens is 4. The summed E-state index contributed by atoms with van der Waals surface area (Å²) < 4.78 is 9.95. The molecule has 6 unspecified atom stereocenters. The molecule has 7 heteroatoms. The minimum Gasteiger partial charge on any atom is -0.358 e. The Kier molecular flexibility index (Phi) is 21.6. The largest absolute Gasteiger partial charge is 0.358 e. The second-order valence-electron chi connectivity index (χ2n) is 23.4. The summed E-state index contributed by atoms with van der Waals surface area (Å²) in [5.74, 6) is 6.18. The predicted molar refractivity (Wildman–Crippen MR) is 345 cm³/mol. The van der Waals surface area contributed by atoms with E-state index in [4.69, 9.17) is 0 Å². The fourth-order valence-corrected chi connectivity index (χ4v) is 16.0. The normalized spacial score (nSPS) is 25.0. The van der Waals surface area contributed by atoms with Crippen molar-refractivity contribution in [3.8, 4) is 0 Å². The second-order valence-corrected chi connectivity index (χ2v) is 34.7. The Hall–Kier alpha value is -4.16. The Morgan fingerprint density at radius 1 is 0.380 bits per heavy atom. The molecular formula is C72H88Br2N4Zr. The first-order valence-corrected chi connectivity index (χ1v) is 41.3. The molecule has 6 fully saturated rings. The molecule has 4 nitrogen and oxygen atoms in total. The van der Waals surface area contributed by atoms with Crippen LogP contribution < -0.4 is 0 Å². The van der Waals surface area contributed by atoms with E-state index < -0.39 is 0 Å². The molecule has 0 N–H and O–H groups in total. The zero-order chi connectivity index (χ0) is 52.5. The molecule has 0 spiro atoms. The predicted octanol–water partition coefficient (Wildman–Crippen LogP) is 22.2. The van der Waals surface area contributed by atoms with Crippen LogP contribution in [0.3, 0.4) is 0 Å². The van der Waals surface area contributed by atoms with Crippen molar-refractivity contribution >= 4 is 79.8 Å². The van der Waals surface area contributed by atoms with Crippen molar-refractivity contribution in [3.63, 3.8) is 0 Å². The number of hydrogen-bond acceptors (Lipinski definition) is 0. The van der Waals surface area contributed by atoms with Crippen LogP contribution in [0.5, 0.6) is 0 Å². The van der Waals surface area contributed by atoms with Gasteiger partial charge in [-0.3, -0.25) is 0 Å². The van der Waals surface area contributed by atoms with Crippen molar-refractivity contribution in [1.82, 2.24) is 18.3 Å². The van der Waals surface area contributed by atoms with Crippen molar-refractivity contribution in [2.45, 2.75) is 154 Å². The van der Waals surface area contributed by atoms with Gasteiger partial charge >= 0.3 is 43.0 Å². The number of allylic oxidation sites excluding steroid dienone is 1. The molecule has 9 aromatic rings. The van der Waals surface area contributed by atoms with Crippen LogP contribution in [0.2, 0.25) is 0 Å². The zero-order valence-electron chi connectivity index (χ0n) is 47.9. The van der Waals surface area contributed by atoms with Crippen LogP contribution in [0, 0.1) is 50.4 Å². The zero-order valence-corrected chi connectivity index (χ0v) is 53.5. The average Bonchev–Trinajstić information content (AvgIpc) is 4.54.